The minimum atomic E-state index is -0.166. The number of nitrogens with zero attached hydrogens (tertiary/aromatic N) is 1. The van der Waals surface area contributed by atoms with Gasteiger partial charge in [0.1, 0.15) is 5.69 Å². The standard InChI is InChI=1S/C18H21BrN2O3/c1-21-11-12(19)9-15(21)18(22)20-13-7-8-16(23-2)17(10-13)24-14-5-3-4-6-14/h7-11,14H,3-6H2,1-2H3,(H,20,22). The number of benzene rings is 1. The molecule has 5 nitrogen and oxygen atoms in total. The van der Waals surface area contributed by atoms with Gasteiger partial charge in [-0.25, -0.2) is 0 Å². The van der Waals surface area contributed by atoms with E-state index in [0.717, 1.165) is 17.3 Å². The van der Waals surface area contributed by atoms with Crippen molar-refractivity contribution >= 4 is 27.5 Å². The smallest absolute Gasteiger partial charge is 0.272 e. The molecule has 1 aliphatic rings. The van der Waals surface area contributed by atoms with Gasteiger partial charge >= 0.3 is 0 Å². The molecule has 0 saturated heterocycles. The van der Waals surface area contributed by atoms with E-state index >= 15 is 0 Å². The number of carbonyl (C=O) groups excluding carboxylic acids is 1. The molecule has 0 atom stereocenters. The van der Waals surface area contributed by atoms with Gasteiger partial charge in [0, 0.05) is 29.5 Å². The maximum absolute atomic E-state index is 12.4. The summed E-state index contributed by atoms with van der Waals surface area (Å²) in [6.07, 6.45) is 6.61. The summed E-state index contributed by atoms with van der Waals surface area (Å²) in [5.41, 5.74) is 1.27. The number of ether oxygens (including phenoxy) is 2. The average Bonchev–Trinajstić information content (AvgIpc) is 3.17. The molecule has 0 radical (unpaired) electrons. The van der Waals surface area contributed by atoms with Crippen molar-refractivity contribution in [3.63, 3.8) is 0 Å². The lowest BCUT2D eigenvalue weighted by Crippen LogP contribution is -2.16. The van der Waals surface area contributed by atoms with Gasteiger partial charge in [-0.1, -0.05) is 0 Å². The molecule has 1 fully saturated rings. The zero-order valence-electron chi connectivity index (χ0n) is 13.8. The summed E-state index contributed by atoms with van der Waals surface area (Å²) in [6, 6.07) is 7.25. The largest absolute Gasteiger partial charge is 0.493 e. The summed E-state index contributed by atoms with van der Waals surface area (Å²) >= 11 is 3.38. The number of rotatable bonds is 5. The predicted octanol–water partition coefficient (Wildman–Crippen LogP) is 4.37. The number of hydrogen-bond acceptors (Lipinski definition) is 3. The van der Waals surface area contributed by atoms with Crippen LogP contribution in [0, 0.1) is 0 Å². The van der Waals surface area contributed by atoms with Crippen LogP contribution in [0.25, 0.3) is 0 Å². The van der Waals surface area contributed by atoms with E-state index in [0.29, 0.717) is 22.9 Å². The third-order valence-electron chi connectivity index (χ3n) is 4.22. The molecule has 24 heavy (non-hydrogen) atoms. The maximum Gasteiger partial charge on any atom is 0.272 e. The zero-order valence-corrected chi connectivity index (χ0v) is 15.4. The normalized spacial score (nSPS) is 14.6. The van der Waals surface area contributed by atoms with Crippen LogP contribution in [0.5, 0.6) is 11.5 Å². The first-order chi connectivity index (χ1) is 11.6. The van der Waals surface area contributed by atoms with Crippen LogP contribution in [0.1, 0.15) is 36.2 Å². The van der Waals surface area contributed by atoms with E-state index in [1.54, 1.807) is 17.7 Å². The van der Waals surface area contributed by atoms with E-state index in [1.165, 1.54) is 12.8 Å². The van der Waals surface area contributed by atoms with Crippen LogP contribution in [0.2, 0.25) is 0 Å². The number of hydrogen-bond donors (Lipinski definition) is 1. The number of amides is 1. The van der Waals surface area contributed by atoms with Crippen molar-refractivity contribution in [2.24, 2.45) is 7.05 Å². The summed E-state index contributed by atoms with van der Waals surface area (Å²) in [6.45, 7) is 0. The number of aryl methyl sites for hydroxylation is 1. The van der Waals surface area contributed by atoms with Gasteiger partial charge in [0.25, 0.3) is 5.91 Å². The van der Waals surface area contributed by atoms with Gasteiger partial charge in [-0.2, -0.15) is 0 Å². The zero-order chi connectivity index (χ0) is 17.1. The van der Waals surface area contributed by atoms with Crippen LogP contribution in [0.15, 0.2) is 34.9 Å². The first-order valence-corrected chi connectivity index (χ1v) is 8.84. The van der Waals surface area contributed by atoms with Crippen molar-refractivity contribution in [1.29, 1.82) is 0 Å². The van der Waals surface area contributed by atoms with Crippen LogP contribution in [-0.4, -0.2) is 23.7 Å². The number of anilines is 1. The van der Waals surface area contributed by atoms with Crippen molar-refractivity contribution in [3.8, 4) is 11.5 Å². The Hall–Kier alpha value is -1.95. The Morgan fingerprint density at radius 2 is 2.00 bits per heavy atom. The second-order valence-electron chi connectivity index (χ2n) is 6.00. The van der Waals surface area contributed by atoms with Crippen LogP contribution in [0.3, 0.4) is 0 Å². The van der Waals surface area contributed by atoms with Gasteiger partial charge in [-0.05, 0) is 59.8 Å². The molecule has 0 aliphatic heterocycles. The predicted molar refractivity (Wildman–Crippen MR) is 96.9 cm³/mol. The Bertz CT molecular complexity index is 736. The minimum Gasteiger partial charge on any atom is -0.493 e. The van der Waals surface area contributed by atoms with Crippen molar-refractivity contribution in [2.75, 3.05) is 12.4 Å². The van der Waals surface area contributed by atoms with Crippen molar-refractivity contribution < 1.29 is 14.3 Å². The SMILES string of the molecule is COc1ccc(NC(=O)c2cc(Br)cn2C)cc1OC1CCCC1. The van der Waals surface area contributed by atoms with Crippen molar-refractivity contribution in [1.82, 2.24) is 4.57 Å². The second kappa shape index (κ2) is 7.30. The number of methoxy groups -OCH3 is 1. The number of halogens is 1. The number of aromatic nitrogens is 1. The number of carbonyl (C=O) groups is 1. The molecule has 1 aromatic heterocycles. The topological polar surface area (TPSA) is 52.5 Å². The molecule has 1 aliphatic carbocycles. The summed E-state index contributed by atoms with van der Waals surface area (Å²) < 4.78 is 14.1. The Kier molecular flexibility index (Phi) is 5.14. The molecule has 1 aromatic carbocycles. The molecule has 0 bridgehead atoms. The monoisotopic (exact) mass is 392 g/mol. The third-order valence-corrected chi connectivity index (χ3v) is 4.66. The van der Waals surface area contributed by atoms with Gasteiger partial charge < -0.3 is 19.4 Å². The lowest BCUT2D eigenvalue weighted by molar-refractivity contribution is 0.101. The van der Waals surface area contributed by atoms with Gasteiger partial charge in [0.15, 0.2) is 11.5 Å². The van der Waals surface area contributed by atoms with E-state index in [1.807, 2.05) is 31.4 Å². The van der Waals surface area contributed by atoms with E-state index in [2.05, 4.69) is 21.2 Å². The summed E-state index contributed by atoms with van der Waals surface area (Å²) in [5, 5.41) is 2.91. The first-order valence-electron chi connectivity index (χ1n) is 8.04. The van der Waals surface area contributed by atoms with Crippen LogP contribution >= 0.6 is 15.9 Å². The highest BCUT2D eigenvalue weighted by Gasteiger charge is 2.19. The molecular formula is C18H21BrN2O3. The molecular weight excluding hydrogens is 372 g/mol. The fourth-order valence-corrected chi connectivity index (χ4v) is 3.50. The molecule has 0 spiro atoms. The van der Waals surface area contributed by atoms with E-state index < -0.39 is 0 Å². The summed E-state index contributed by atoms with van der Waals surface area (Å²) in [4.78, 5) is 12.4. The average molecular weight is 393 g/mol. The maximum atomic E-state index is 12.4. The summed E-state index contributed by atoms with van der Waals surface area (Å²) in [5.74, 6) is 1.19. The third kappa shape index (κ3) is 3.75. The Morgan fingerprint density at radius 3 is 2.62 bits per heavy atom. The Labute approximate surface area is 150 Å². The fourth-order valence-electron chi connectivity index (χ4n) is 2.98. The van der Waals surface area contributed by atoms with Gasteiger partial charge in [0.2, 0.25) is 0 Å². The molecule has 6 heteroatoms. The van der Waals surface area contributed by atoms with Gasteiger partial charge in [-0.15, -0.1) is 0 Å². The van der Waals surface area contributed by atoms with Crippen molar-refractivity contribution in [2.45, 2.75) is 31.8 Å². The van der Waals surface area contributed by atoms with E-state index in [9.17, 15) is 4.79 Å². The second-order valence-corrected chi connectivity index (χ2v) is 6.91. The quantitative estimate of drug-likeness (QED) is 0.821. The highest BCUT2D eigenvalue weighted by Crippen LogP contribution is 2.34. The number of nitrogens with one attached hydrogen (secondary N) is 1. The molecule has 1 heterocycles. The van der Waals surface area contributed by atoms with Crippen LogP contribution < -0.4 is 14.8 Å². The van der Waals surface area contributed by atoms with E-state index in [-0.39, 0.29) is 12.0 Å². The molecule has 1 N–H and O–H groups in total. The first kappa shape index (κ1) is 16.9. The highest BCUT2D eigenvalue weighted by molar-refractivity contribution is 9.10. The van der Waals surface area contributed by atoms with Gasteiger partial charge in [0.05, 0.1) is 13.2 Å². The molecule has 2 aromatic rings. The van der Waals surface area contributed by atoms with Crippen LogP contribution in [0.4, 0.5) is 5.69 Å². The molecule has 0 unspecified atom stereocenters. The fraction of sp³-hybridized carbons (Fsp3) is 0.389. The van der Waals surface area contributed by atoms with Crippen molar-refractivity contribution in [3.05, 3.63) is 40.6 Å². The molecule has 128 valence electrons. The van der Waals surface area contributed by atoms with Gasteiger partial charge in [-0.3, -0.25) is 4.79 Å². The molecule has 3 rings (SSSR count). The molecule has 1 saturated carbocycles. The molecule has 1 amide bonds. The van der Waals surface area contributed by atoms with Crippen LogP contribution in [-0.2, 0) is 7.05 Å². The highest BCUT2D eigenvalue weighted by atomic mass is 79.9. The lowest BCUT2D eigenvalue weighted by atomic mass is 10.2. The summed E-state index contributed by atoms with van der Waals surface area (Å²) in [7, 11) is 3.46. The van der Waals surface area contributed by atoms with E-state index in [4.69, 9.17) is 9.47 Å². The lowest BCUT2D eigenvalue weighted by Gasteiger charge is -2.17. The Balaban J connectivity index is 1.77. The minimum absolute atomic E-state index is 0.166. The Morgan fingerprint density at radius 1 is 1.25 bits per heavy atom.